The van der Waals surface area contributed by atoms with Crippen molar-refractivity contribution in [2.24, 2.45) is 0 Å². The quantitative estimate of drug-likeness (QED) is 0.493. The molecule has 1 atom stereocenters. The average molecular weight is 145 g/mol. The number of rotatable bonds is 0. The number of hydrogen-bond acceptors (Lipinski definition) is 3. The van der Waals surface area contributed by atoms with Gasteiger partial charge in [0, 0.05) is 12.1 Å². The van der Waals surface area contributed by atoms with Gasteiger partial charge in [0.15, 0.2) is 0 Å². The van der Waals surface area contributed by atoms with Crippen LogP contribution < -0.4 is 5.32 Å². The van der Waals surface area contributed by atoms with Crippen LogP contribution >= 0.6 is 0 Å². The summed E-state index contributed by atoms with van der Waals surface area (Å²) in [7, 11) is 0. The van der Waals surface area contributed by atoms with E-state index in [1.807, 2.05) is 0 Å². The van der Waals surface area contributed by atoms with E-state index in [9.17, 15) is 0 Å². The van der Waals surface area contributed by atoms with E-state index in [4.69, 9.17) is 9.84 Å². The Labute approximate surface area is 61.4 Å². The largest absolute Gasteiger partial charge is 0.389 e. The molecule has 1 aliphatic heterocycles. The van der Waals surface area contributed by atoms with Gasteiger partial charge in [-0.25, -0.2) is 0 Å². The molecule has 10 heavy (non-hydrogen) atoms. The van der Waals surface area contributed by atoms with Crippen LogP contribution in [0.5, 0.6) is 0 Å². The molecule has 0 aromatic heterocycles. The summed E-state index contributed by atoms with van der Waals surface area (Å²) in [5.74, 6) is 0. The SMILES string of the molecule is CC1(C)COCC(O)CN1. The molecule has 2 N–H and O–H groups in total. The fourth-order valence-electron chi connectivity index (χ4n) is 0.954. The van der Waals surface area contributed by atoms with Gasteiger partial charge in [0.25, 0.3) is 0 Å². The second-order valence-electron chi connectivity index (χ2n) is 3.43. The summed E-state index contributed by atoms with van der Waals surface area (Å²) < 4.78 is 5.21. The van der Waals surface area contributed by atoms with Crippen molar-refractivity contribution in [2.45, 2.75) is 25.5 Å². The van der Waals surface area contributed by atoms with Crippen molar-refractivity contribution in [3.63, 3.8) is 0 Å². The third-order valence-corrected chi connectivity index (χ3v) is 1.59. The molecule has 0 bridgehead atoms. The molecule has 0 aromatic rings. The van der Waals surface area contributed by atoms with Crippen LogP contribution in [0.1, 0.15) is 13.8 Å². The van der Waals surface area contributed by atoms with Crippen LogP contribution in [0.4, 0.5) is 0 Å². The standard InChI is InChI=1S/C7H15NO2/c1-7(2)5-10-4-6(9)3-8-7/h6,8-9H,3-5H2,1-2H3. The van der Waals surface area contributed by atoms with Gasteiger partial charge in [0.05, 0.1) is 19.3 Å². The Morgan fingerprint density at radius 3 is 3.00 bits per heavy atom. The molecular weight excluding hydrogens is 130 g/mol. The Kier molecular flexibility index (Phi) is 2.28. The molecule has 0 spiro atoms. The van der Waals surface area contributed by atoms with Crippen molar-refractivity contribution in [3.8, 4) is 0 Å². The van der Waals surface area contributed by atoms with Crippen molar-refractivity contribution in [3.05, 3.63) is 0 Å². The Bertz CT molecular complexity index is 114. The highest BCUT2D eigenvalue weighted by atomic mass is 16.5. The molecule has 1 unspecified atom stereocenters. The van der Waals surface area contributed by atoms with Crippen molar-refractivity contribution in [1.29, 1.82) is 0 Å². The number of β-amino-alcohol motifs (C(OH)–C–C–N with tert-alkyl or cyclic N) is 1. The van der Waals surface area contributed by atoms with E-state index in [0.29, 0.717) is 19.8 Å². The number of aliphatic hydroxyl groups excluding tert-OH is 1. The van der Waals surface area contributed by atoms with E-state index in [1.165, 1.54) is 0 Å². The molecule has 0 saturated carbocycles. The lowest BCUT2D eigenvalue weighted by Crippen LogP contribution is -2.43. The van der Waals surface area contributed by atoms with E-state index >= 15 is 0 Å². The molecule has 0 aliphatic carbocycles. The van der Waals surface area contributed by atoms with Gasteiger partial charge in [-0.15, -0.1) is 0 Å². The number of aliphatic hydroxyl groups is 1. The van der Waals surface area contributed by atoms with Crippen LogP contribution in [-0.4, -0.2) is 36.5 Å². The molecule has 1 heterocycles. The molecule has 60 valence electrons. The predicted molar refractivity (Wildman–Crippen MR) is 38.9 cm³/mol. The van der Waals surface area contributed by atoms with Crippen LogP contribution in [-0.2, 0) is 4.74 Å². The first kappa shape index (κ1) is 7.98. The van der Waals surface area contributed by atoms with Crippen molar-refractivity contribution < 1.29 is 9.84 Å². The highest BCUT2D eigenvalue weighted by Gasteiger charge is 2.22. The molecule has 0 amide bonds. The Balaban J connectivity index is 2.41. The van der Waals surface area contributed by atoms with Crippen LogP contribution in [0.3, 0.4) is 0 Å². The second-order valence-corrected chi connectivity index (χ2v) is 3.43. The third-order valence-electron chi connectivity index (χ3n) is 1.59. The smallest absolute Gasteiger partial charge is 0.0897 e. The summed E-state index contributed by atoms with van der Waals surface area (Å²) in [4.78, 5) is 0. The molecular formula is C7H15NO2. The molecule has 1 saturated heterocycles. The maximum atomic E-state index is 9.13. The lowest BCUT2D eigenvalue weighted by Gasteiger charge is -2.22. The normalized spacial score (nSPS) is 33.3. The predicted octanol–water partition coefficient (Wildman–Crippen LogP) is -0.254. The first-order chi connectivity index (χ1) is 4.60. The minimum Gasteiger partial charge on any atom is -0.389 e. The summed E-state index contributed by atoms with van der Waals surface area (Å²) in [6, 6.07) is 0. The van der Waals surface area contributed by atoms with Crippen molar-refractivity contribution in [1.82, 2.24) is 5.32 Å². The Morgan fingerprint density at radius 1 is 1.60 bits per heavy atom. The maximum absolute atomic E-state index is 9.13. The van der Waals surface area contributed by atoms with Crippen LogP contribution in [0.2, 0.25) is 0 Å². The van der Waals surface area contributed by atoms with Crippen LogP contribution in [0.15, 0.2) is 0 Å². The van der Waals surface area contributed by atoms with Gasteiger partial charge in [-0.2, -0.15) is 0 Å². The first-order valence-electron chi connectivity index (χ1n) is 3.61. The summed E-state index contributed by atoms with van der Waals surface area (Å²) >= 11 is 0. The third kappa shape index (κ3) is 2.25. The van der Waals surface area contributed by atoms with Crippen LogP contribution in [0, 0.1) is 0 Å². The number of nitrogens with one attached hydrogen (secondary N) is 1. The lowest BCUT2D eigenvalue weighted by molar-refractivity contribution is 0.0471. The van der Waals surface area contributed by atoms with E-state index in [2.05, 4.69) is 19.2 Å². The fraction of sp³-hybridized carbons (Fsp3) is 1.00. The van der Waals surface area contributed by atoms with E-state index < -0.39 is 0 Å². The highest BCUT2D eigenvalue weighted by molar-refractivity contribution is 4.81. The van der Waals surface area contributed by atoms with E-state index in [1.54, 1.807) is 0 Å². The molecule has 0 aromatic carbocycles. The Morgan fingerprint density at radius 2 is 2.30 bits per heavy atom. The first-order valence-corrected chi connectivity index (χ1v) is 3.61. The minimum absolute atomic E-state index is 0.0114. The van der Waals surface area contributed by atoms with Crippen molar-refractivity contribution in [2.75, 3.05) is 19.8 Å². The van der Waals surface area contributed by atoms with Gasteiger partial charge in [0.2, 0.25) is 0 Å². The monoisotopic (exact) mass is 145 g/mol. The molecule has 3 nitrogen and oxygen atoms in total. The number of hydrogen-bond donors (Lipinski definition) is 2. The van der Waals surface area contributed by atoms with Gasteiger partial charge in [-0.3, -0.25) is 0 Å². The van der Waals surface area contributed by atoms with E-state index in [-0.39, 0.29) is 11.6 Å². The highest BCUT2D eigenvalue weighted by Crippen LogP contribution is 2.06. The van der Waals surface area contributed by atoms with Gasteiger partial charge in [0.1, 0.15) is 0 Å². The zero-order valence-electron chi connectivity index (χ0n) is 6.55. The second kappa shape index (κ2) is 2.86. The summed E-state index contributed by atoms with van der Waals surface area (Å²) in [6.07, 6.45) is -0.346. The Hall–Kier alpha value is -0.120. The lowest BCUT2D eigenvalue weighted by atomic mass is 10.1. The minimum atomic E-state index is -0.346. The average Bonchev–Trinajstić information content (AvgIpc) is 1.94. The zero-order valence-corrected chi connectivity index (χ0v) is 6.55. The summed E-state index contributed by atoms with van der Waals surface area (Å²) in [5, 5.41) is 12.3. The van der Waals surface area contributed by atoms with Gasteiger partial charge in [-0.05, 0) is 13.8 Å². The molecule has 3 heteroatoms. The molecule has 1 rings (SSSR count). The summed E-state index contributed by atoms with van der Waals surface area (Å²) in [5.41, 5.74) is 0.0114. The van der Waals surface area contributed by atoms with Crippen molar-refractivity contribution >= 4 is 0 Å². The van der Waals surface area contributed by atoms with Gasteiger partial charge in [-0.1, -0.05) is 0 Å². The maximum Gasteiger partial charge on any atom is 0.0897 e. The molecule has 1 fully saturated rings. The fourth-order valence-corrected chi connectivity index (χ4v) is 0.954. The zero-order chi connectivity index (χ0) is 7.61. The van der Waals surface area contributed by atoms with Gasteiger partial charge >= 0.3 is 0 Å². The van der Waals surface area contributed by atoms with Crippen LogP contribution in [0.25, 0.3) is 0 Å². The topological polar surface area (TPSA) is 41.5 Å². The number of ether oxygens (including phenoxy) is 1. The van der Waals surface area contributed by atoms with Gasteiger partial charge < -0.3 is 15.2 Å². The van der Waals surface area contributed by atoms with E-state index in [0.717, 1.165) is 0 Å². The molecule has 1 aliphatic rings. The summed E-state index contributed by atoms with van der Waals surface area (Å²) in [6.45, 7) is 5.88. The molecule has 0 radical (unpaired) electrons.